The summed E-state index contributed by atoms with van der Waals surface area (Å²) in [5, 5.41) is 23.0. The van der Waals surface area contributed by atoms with Crippen LogP contribution < -0.4 is 5.43 Å². The maximum absolute atomic E-state index is 8.54. The zero-order valence-corrected chi connectivity index (χ0v) is 9.81. The fourth-order valence-electron chi connectivity index (χ4n) is 1.38. The van der Waals surface area contributed by atoms with E-state index >= 15 is 0 Å². The van der Waals surface area contributed by atoms with Gasteiger partial charge in [-0.25, -0.2) is 4.98 Å². The summed E-state index contributed by atoms with van der Waals surface area (Å²) in [5.41, 5.74) is 3.06. The van der Waals surface area contributed by atoms with Crippen LogP contribution in [0, 0.1) is 22.7 Å². The molecule has 0 bridgehead atoms. The Morgan fingerprint density at radius 1 is 1.22 bits per heavy atom. The number of nitrogens with zero attached hydrogens (tertiary/aromatic N) is 4. The topological polar surface area (TPSA) is 84.9 Å². The Balaban J connectivity index is 2.34. The van der Waals surface area contributed by atoms with Crippen LogP contribution in [-0.4, -0.2) is 10.7 Å². The molecule has 2 aromatic rings. The molecule has 1 N–H and O–H groups in total. The van der Waals surface area contributed by atoms with Gasteiger partial charge in [0, 0.05) is 11.6 Å². The van der Waals surface area contributed by atoms with Crippen molar-refractivity contribution < 1.29 is 0 Å². The zero-order valence-electron chi connectivity index (χ0n) is 9.05. The Morgan fingerprint density at radius 2 is 2.00 bits per heavy atom. The molecule has 0 unspecified atom stereocenters. The summed E-state index contributed by atoms with van der Waals surface area (Å²) in [5.74, 6) is 0. The van der Waals surface area contributed by atoms with Crippen molar-refractivity contribution in [2.45, 2.75) is 0 Å². The molecule has 6 heteroatoms. The molecule has 1 aromatic heterocycles. The number of benzene rings is 1. The highest BCUT2D eigenvalue weighted by atomic mass is 35.5. The van der Waals surface area contributed by atoms with Gasteiger partial charge in [-0.1, -0.05) is 17.7 Å². The van der Waals surface area contributed by atoms with Crippen LogP contribution in [0.4, 0.5) is 5.69 Å². The Kier molecular flexibility index (Phi) is 3.38. The van der Waals surface area contributed by atoms with Gasteiger partial charge in [0.1, 0.15) is 17.3 Å². The molecule has 0 aliphatic rings. The number of anilines is 1. The molecule has 86 valence electrons. The molecule has 1 aromatic carbocycles. The lowest BCUT2D eigenvalue weighted by Crippen LogP contribution is -1.96. The fourth-order valence-corrected chi connectivity index (χ4v) is 1.55. The number of aromatic nitrogens is 1. The van der Waals surface area contributed by atoms with Gasteiger partial charge in [-0.05, 0) is 23.6 Å². The van der Waals surface area contributed by atoms with Crippen molar-refractivity contribution in [2.75, 3.05) is 5.43 Å². The van der Waals surface area contributed by atoms with Gasteiger partial charge >= 0.3 is 0 Å². The van der Waals surface area contributed by atoms with Gasteiger partial charge in [0.25, 0.3) is 0 Å². The molecule has 0 spiro atoms. The number of halogens is 1. The number of hydrogen-bond acceptors (Lipinski definition) is 5. The first kappa shape index (κ1) is 11.8. The lowest BCUT2D eigenvalue weighted by molar-refractivity contribution is 1.33. The number of nitriles is 2. The van der Waals surface area contributed by atoms with E-state index in [0.717, 1.165) is 10.8 Å². The number of nitrogens with one attached hydrogen (secondary N) is 1. The first-order valence-electron chi connectivity index (χ1n) is 4.92. The molecule has 1 heterocycles. The largest absolute Gasteiger partial charge is 0.276 e. The van der Waals surface area contributed by atoms with E-state index in [4.69, 9.17) is 22.1 Å². The van der Waals surface area contributed by atoms with Crippen LogP contribution in [0.15, 0.2) is 35.6 Å². The lowest BCUT2D eigenvalue weighted by Gasteiger charge is -2.02. The summed E-state index contributed by atoms with van der Waals surface area (Å²) in [6.45, 7) is 0. The molecule has 0 saturated carbocycles. The highest BCUT2D eigenvalue weighted by Crippen LogP contribution is 2.20. The molecule has 18 heavy (non-hydrogen) atoms. The molecule has 0 saturated heterocycles. The summed E-state index contributed by atoms with van der Waals surface area (Å²) >= 11 is 5.80. The molecule has 0 radical (unpaired) electrons. The second-order valence-corrected chi connectivity index (χ2v) is 3.75. The van der Waals surface area contributed by atoms with Gasteiger partial charge in [0.2, 0.25) is 5.71 Å². The molecule has 0 aliphatic carbocycles. The summed E-state index contributed by atoms with van der Waals surface area (Å²) in [7, 11) is 0. The predicted molar refractivity (Wildman–Crippen MR) is 69.0 cm³/mol. The monoisotopic (exact) mass is 255 g/mol. The third-order valence-electron chi connectivity index (χ3n) is 2.20. The molecule has 0 aliphatic heterocycles. The van der Waals surface area contributed by atoms with Gasteiger partial charge < -0.3 is 0 Å². The smallest absolute Gasteiger partial charge is 0.237 e. The number of fused-ring (bicyclic) bond motifs is 1. The van der Waals surface area contributed by atoms with Crippen LogP contribution >= 0.6 is 11.6 Å². The fraction of sp³-hybridized carbons (Fsp3) is 0. The quantitative estimate of drug-likeness (QED) is 0.508. The minimum Gasteiger partial charge on any atom is -0.276 e. The highest BCUT2D eigenvalue weighted by Gasteiger charge is 1.99. The minimum atomic E-state index is -0.233. The van der Waals surface area contributed by atoms with E-state index < -0.39 is 0 Å². The summed E-state index contributed by atoms with van der Waals surface area (Å²) in [6, 6.07) is 10.5. The first-order valence-corrected chi connectivity index (χ1v) is 5.30. The maximum Gasteiger partial charge on any atom is 0.237 e. The maximum atomic E-state index is 8.54. The number of rotatable bonds is 2. The van der Waals surface area contributed by atoms with E-state index in [1.165, 1.54) is 0 Å². The van der Waals surface area contributed by atoms with Crippen molar-refractivity contribution in [1.82, 2.24) is 4.98 Å². The second kappa shape index (κ2) is 5.13. The molecule has 5 nitrogen and oxygen atoms in total. The van der Waals surface area contributed by atoms with Crippen LogP contribution in [0.25, 0.3) is 10.8 Å². The van der Waals surface area contributed by atoms with E-state index in [1.54, 1.807) is 36.5 Å². The highest BCUT2D eigenvalue weighted by molar-refractivity contribution is 6.30. The second-order valence-electron chi connectivity index (χ2n) is 3.36. The molecule has 0 atom stereocenters. The Labute approximate surface area is 108 Å². The summed E-state index contributed by atoms with van der Waals surface area (Å²) in [6.07, 6.45) is 1.67. The summed E-state index contributed by atoms with van der Waals surface area (Å²) in [4.78, 5) is 3.97. The minimum absolute atomic E-state index is 0.233. The molecule has 0 amide bonds. The van der Waals surface area contributed by atoms with Gasteiger partial charge in [-0.15, -0.1) is 0 Å². The molecular formula is C12H6ClN5. The van der Waals surface area contributed by atoms with Crippen molar-refractivity contribution in [3.63, 3.8) is 0 Å². The zero-order chi connectivity index (χ0) is 13.0. The molecule has 2 rings (SSSR count). The average molecular weight is 256 g/mol. The first-order chi connectivity index (χ1) is 8.72. The average Bonchev–Trinajstić information content (AvgIpc) is 2.39. The van der Waals surface area contributed by atoms with Crippen LogP contribution in [0.2, 0.25) is 5.15 Å². The number of hydrazone groups is 1. The predicted octanol–water partition coefficient (Wildman–Crippen LogP) is 2.70. The summed E-state index contributed by atoms with van der Waals surface area (Å²) < 4.78 is 0. The van der Waals surface area contributed by atoms with Crippen molar-refractivity contribution >= 4 is 33.8 Å². The Morgan fingerprint density at radius 3 is 2.72 bits per heavy atom. The standard InChI is InChI=1S/C12H6ClN5/c13-12-4-9-3-10(2-1-8(9)7-16-12)17-18-11(5-14)6-15/h1-4,7,17H. The third-order valence-corrected chi connectivity index (χ3v) is 2.40. The van der Waals surface area contributed by atoms with Crippen LogP contribution in [-0.2, 0) is 0 Å². The van der Waals surface area contributed by atoms with Crippen LogP contribution in [0.3, 0.4) is 0 Å². The molecular weight excluding hydrogens is 250 g/mol. The lowest BCUT2D eigenvalue weighted by atomic mass is 10.1. The van der Waals surface area contributed by atoms with E-state index in [1.807, 2.05) is 6.07 Å². The third kappa shape index (κ3) is 2.54. The Hall–Kier alpha value is -2.63. The van der Waals surface area contributed by atoms with Gasteiger partial charge in [0.05, 0.1) is 5.69 Å². The van der Waals surface area contributed by atoms with Crippen molar-refractivity contribution in [2.24, 2.45) is 5.10 Å². The van der Waals surface area contributed by atoms with E-state index in [9.17, 15) is 0 Å². The van der Waals surface area contributed by atoms with Crippen LogP contribution in [0.5, 0.6) is 0 Å². The van der Waals surface area contributed by atoms with Gasteiger partial charge in [-0.2, -0.15) is 15.6 Å². The van der Waals surface area contributed by atoms with Crippen molar-refractivity contribution in [3.8, 4) is 12.1 Å². The van der Waals surface area contributed by atoms with Gasteiger partial charge in [0.15, 0.2) is 0 Å². The van der Waals surface area contributed by atoms with E-state index in [0.29, 0.717) is 10.8 Å². The normalized spacial score (nSPS) is 9.28. The number of pyridine rings is 1. The molecule has 0 fully saturated rings. The Bertz CT molecular complexity index is 692. The number of hydrogen-bond donors (Lipinski definition) is 1. The van der Waals surface area contributed by atoms with Crippen molar-refractivity contribution in [3.05, 3.63) is 35.6 Å². The van der Waals surface area contributed by atoms with Gasteiger partial charge in [-0.3, -0.25) is 5.43 Å². The van der Waals surface area contributed by atoms with Crippen LogP contribution in [0.1, 0.15) is 0 Å². The van der Waals surface area contributed by atoms with E-state index in [-0.39, 0.29) is 5.71 Å². The SMILES string of the molecule is N#CC(C#N)=NNc1ccc2cnc(Cl)cc2c1. The van der Waals surface area contributed by atoms with Crippen molar-refractivity contribution in [1.29, 1.82) is 10.5 Å². The van der Waals surface area contributed by atoms with E-state index in [2.05, 4.69) is 15.5 Å².